The maximum absolute atomic E-state index is 13.7. The molecule has 1 aliphatic heterocycles. The average Bonchev–Trinajstić information content (AvgIpc) is 3.10. The van der Waals surface area contributed by atoms with E-state index in [0.717, 1.165) is 29.2 Å². The summed E-state index contributed by atoms with van der Waals surface area (Å²) in [5.74, 6) is -2.01. The van der Waals surface area contributed by atoms with Crippen LogP contribution in [0.4, 0.5) is 45.2 Å². The van der Waals surface area contributed by atoms with Crippen LogP contribution in [0.1, 0.15) is 41.5 Å². The smallest absolute Gasteiger partial charge is 0.430 e. The molecule has 0 saturated heterocycles. The highest BCUT2D eigenvalue weighted by Gasteiger charge is 2.71. The molecule has 226 valence electrons. The number of nitrogens with zero attached hydrogens (tertiary/aromatic N) is 1. The van der Waals surface area contributed by atoms with Crippen LogP contribution in [0.15, 0.2) is 72.8 Å². The van der Waals surface area contributed by atoms with Crippen molar-refractivity contribution in [1.29, 1.82) is 0 Å². The number of hydrogen-bond donors (Lipinski definition) is 1. The van der Waals surface area contributed by atoms with Gasteiger partial charge in [0, 0.05) is 11.3 Å². The number of fused-ring (bicyclic) bond motifs is 1. The summed E-state index contributed by atoms with van der Waals surface area (Å²) in [6, 6.07) is 14.5. The first-order valence-corrected chi connectivity index (χ1v) is 12.6. The van der Waals surface area contributed by atoms with Crippen LogP contribution in [0.3, 0.4) is 0 Å². The Bertz CT molecular complexity index is 1400. The number of halogens is 9. The van der Waals surface area contributed by atoms with E-state index < -0.39 is 58.9 Å². The lowest BCUT2D eigenvalue weighted by Crippen LogP contribution is -2.54. The van der Waals surface area contributed by atoms with Crippen molar-refractivity contribution in [3.63, 3.8) is 0 Å². The number of benzene rings is 3. The Morgan fingerprint density at radius 1 is 0.881 bits per heavy atom. The molecule has 42 heavy (non-hydrogen) atoms. The van der Waals surface area contributed by atoms with Gasteiger partial charge in [0.1, 0.15) is 11.9 Å². The number of aryl methyl sites for hydroxylation is 1. The molecule has 1 amide bonds. The third-order valence-corrected chi connectivity index (χ3v) is 7.15. The molecule has 0 aromatic heterocycles. The van der Waals surface area contributed by atoms with E-state index >= 15 is 0 Å². The Balaban J connectivity index is 1.79. The molecule has 1 heterocycles. The first kappa shape index (κ1) is 31.2. The Morgan fingerprint density at radius 2 is 1.48 bits per heavy atom. The monoisotopic (exact) mass is 605 g/mol. The Labute approximate surface area is 234 Å². The topological polar surface area (TPSA) is 49.8 Å². The largest absolute Gasteiger partial charge is 0.488 e. The van der Waals surface area contributed by atoms with E-state index in [1.54, 1.807) is 30.3 Å². The lowest BCUT2D eigenvalue weighted by Gasteiger charge is -2.34. The number of rotatable bonds is 5. The third kappa shape index (κ3) is 5.92. The fourth-order valence-corrected chi connectivity index (χ4v) is 4.88. The molecule has 0 fully saturated rings. The summed E-state index contributed by atoms with van der Waals surface area (Å²) in [5.41, 5.74) is -7.45. The van der Waals surface area contributed by atoms with Crippen LogP contribution >= 0.6 is 0 Å². The minimum Gasteiger partial charge on any atom is -0.488 e. The van der Waals surface area contributed by atoms with E-state index in [0.29, 0.717) is 17.7 Å². The summed E-state index contributed by atoms with van der Waals surface area (Å²) in [4.78, 5) is 14.8. The van der Waals surface area contributed by atoms with Crippen molar-refractivity contribution in [3.8, 4) is 5.75 Å². The van der Waals surface area contributed by atoms with Gasteiger partial charge in [-0.2, -0.15) is 39.5 Å². The second-order valence-electron chi connectivity index (χ2n) is 9.90. The number of alkyl halides is 9. The number of ether oxygens (including phenoxy) is 1. The Hall–Kier alpha value is -3.74. The zero-order valence-corrected chi connectivity index (χ0v) is 21.8. The number of hydrogen-bond acceptors (Lipinski definition) is 3. The fourth-order valence-electron chi connectivity index (χ4n) is 4.88. The van der Waals surface area contributed by atoms with Crippen LogP contribution in [0.25, 0.3) is 0 Å². The molecule has 3 aromatic carbocycles. The van der Waals surface area contributed by atoms with Crippen LogP contribution in [-0.4, -0.2) is 36.0 Å². The molecule has 4 rings (SSSR count). The summed E-state index contributed by atoms with van der Waals surface area (Å²) in [6.45, 7) is 1.19. The fraction of sp³-hybridized carbons (Fsp3) is 0.345. The van der Waals surface area contributed by atoms with E-state index in [1.807, 2.05) is 0 Å². The predicted molar refractivity (Wildman–Crippen MR) is 134 cm³/mol. The molecular formula is C29H24F9NO3. The number of para-hydroxylation sites is 1. The van der Waals surface area contributed by atoms with Crippen molar-refractivity contribution in [1.82, 2.24) is 0 Å². The minimum atomic E-state index is -6.13. The molecule has 0 saturated carbocycles. The van der Waals surface area contributed by atoms with Crippen molar-refractivity contribution in [3.05, 3.63) is 95.1 Å². The van der Waals surface area contributed by atoms with Gasteiger partial charge in [0.15, 0.2) is 0 Å². The zero-order valence-electron chi connectivity index (χ0n) is 21.8. The number of carbonyl (C=O) groups is 1. The van der Waals surface area contributed by atoms with Gasteiger partial charge < -0.3 is 14.7 Å². The van der Waals surface area contributed by atoms with E-state index in [2.05, 4.69) is 0 Å². The van der Waals surface area contributed by atoms with Crippen LogP contribution in [-0.2, 0) is 23.0 Å². The van der Waals surface area contributed by atoms with Gasteiger partial charge in [-0.05, 0) is 49.1 Å². The van der Waals surface area contributed by atoms with Gasteiger partial charge in [0.25, 0.3) is 5.60 Å². The molecule has 3 aromatic rings. The maximum atomic E-state index is 13.7. The Kier molecular flexibility index (Phi) is 8.29. The van der Waals surface area contributed by atoms with Crippen molar-refractivity contribution >= 4 is 11.6 Å². The molecule has 2 unspecified atom stereocenters. The van der Waals surface area contributed by atoms with Gasteiger partial charge in [-0.1, -0.05) is 54.6 Å². The molecule has 1 aliphatic rings. The second-order valence-corrected chi connectivity index (χ2v) is 9.90. The van der Waals surface area contributed by atoms with Crippen molar-refractivity contribution in [2.75, 3.05) is 11.4 Å². The third-order valence-electron chi connectivity index (χ3n) is 7.15. The lowest BCUT2D eigenvalue weighted by molar-refractivity contribution is -0.376. The highest BCUT2D eigenvalue weighted by molar-refractivity contribution is 5.98. The second kappa shape index (κ2) is 11.2. The van der Waals surface area contributed by atoms with E-state index in [-0.39, 0.29) is 30.6 Å². The molecule has 13 heteroatoms. The zero-order chi connectivity index (χ0) is 31.1. The Morgan fingerprint density at radius 3 is 2.07 bits per heavy atom. The molecule has 0 radical (unpaired) electrons. The standard InChI is InChI=1S/C29H24F9NO3/c1-17(18-7-3-2-4-8-18)25(40)39-16-21(42-24-10-6-5-9-22(24)27(30,31)32)13-11-19-15-20(12-14-23(19)39)26(41,28(33,34)35)29(36,37)38/h2-10,12,14-15,17,21,41H,11,13,16H2,1H3. The predicted octanol–water partition coefficient (Wildman–Crippen LogP) is 7.55. The maximum Gasteiger partial charge on any atom is 0.430 e. The van der Waals surface area contributed by atoms with Crippen LogP contribution in [0, 0.1) is 0 Å². The quantitative estimate of drug-likeness (QED) is 0.306. The SMILES string of the molecule is CC(C(=O)N1CC(Oc2ccccc2C(F)(F)F)CCc2cc(C(O)(C(F)(F)F)C(F)(F)F)ccc21)c1ccccc1. The molecule has 4 nitrogen and oxygen atoms in total. The molecular weight excluding hydrogens is 581 g/mol. The number of amides is 1. The van der Waals surface area contributed by atoms with E-state index in [1.165, 1.54) is 13.0 Å². The first-order valence-electron chi connectivity index (χ1n) is 12.6. The summed E-state index contributed by atoms with van der Waals surface area (Å²) in [5, 5.41) is 9.93. The first-order chi connectivity index (χ1) is 19.4. The highest BCUT2D eigenvalue weighted by Crippen LogP contribution is 2.51. The molecule has 0 spiro atoms. The molecule has 2 atom stereocenters. The van der Waals surface area contributed by atoms with Gasteiger partial charge >= 0.3 is 18.5 Å². The van der Waals surface area contributed by atoms with Crippen LogP contribution in [0.2, 0.25) is 0 Å². The molecule has 0 bridgehead atoms. The number of aliphatic hydroxyl groups is 1. The number of carbonyl (C=O) groups excluding carboxylic acids is 1. The minimum absolute atomic E-state index is 0.0477. The summed E-state index contributed by atoms with van der Waals surface area (Å²) < 4.78 is 128. The van der Waals surface area contributed by atoms with Crippen LogP contribution in [0.5, 0.6) is 5.75 Å². The van der Waals surface area contributed by atoms with Crippen LogP contribution < -0.4 is 9.64 Å². The van der Waals surface area contributed by atoms with Gasteiger partial charge in [0.2, 0.25) is 5.91 Å². The summed E-state index contributed by atoms with van der Waals surface area (Å²) in [7, 11) is 0. The average molecular weight is 605 g/mol. The van der Waals surface area contributed by atoms with Gasteiger partial charge in [-0.3, -0.25) is 4.79 Å². The van der Waals surface area contributed by atoms with Gasteiger partial charge in [-0.15, -0.1) is 0 Å². The highest BCUT2D eigenvalue weighted by atomic mass is 19.4. The number of anilines is 1. The van der Waals surface area contributed by atoms with Crippen molar-refractivity contribution in [2.45, 2.75) is 55.9 Å². The summed E-state index contributed by atoms with van der Waals surface area (Å²) >= 11 is 0. The summed E-state index contributed by atoms with van der Waals surface area (Å²) in [6.07, 6.45) is -18.6. The molecule has 0 aliphatic carbocycles. The molecule has 1 N–H and O–H groups in total. The van der Waals surface area contributed by atoms with Crippen molar-refractivity contribution in [2.24, 2.45) is 0 Å². The van der Waals surface area contributed by atoms with E-state index in [4.69, 9.17) is 4.74 Å². The van der Waals surface area contributed by atoms with Gasteiger partial charge in [0.05, 0.1) is 18.0 Å². The van der Waals surface area contributed by atoms with E-state index in [9.17, 15) is 49.4 Å². The van der Waals surface area contributed by atoms with Crippen molar-refractivity contribution < 1.29 is 54.2 Å². The normalized spacial score (nSPS) is 17.3. The lowest BCUT2D eigenvalue weighted by atomic mass is 9.89. The van der Waals surface area contributed by atoms with Gasteiger partial charge in [-0.25, -0.2) is 0 Å².